The summed E-state index contributed by atoms with van der Waals surface area (Å²) in [4.78, 5) is 16.8. The number of likely N-dealkylation sites (tertiary alicyclic amines) is 1. The van der Waals surface area contributed by atoms with Crippen LogP contribution in [0.4, 0.5) is 13.2 Å². The first-order chi connectivity index (χ1) is 9.35. The number of rotatable bonds is 2. The quantitative estimate of drug-likeness (QED) is 0.836. The van der Waals surface area contributed by atoms with Crippen molar-refractivity contribution >= 4 is 32.9 Å². The van der Waals surface area contributed by atoms with E-state index < -0.39 is 30.7 Å². The van der Waals surface area contributed by atoms with Crippen LogP contribution in [0.1, 0.15) is 0 Å². The number of fused-ring (bicyclic) bond motifs is 1. The Morgan fingerprint density at radius 1 is 1.45 bits per heavy atom. The van der Waals surface area contributed by atoms with Crippen molar-refractivity contribution in [3.63, 3.8) is 0 Å². The molecule has 0 unspecified atom stereocenters. The van der Waals surface area contributed by atoms with Crippen molar-refractivity contribution in [3.05, 3.63) is 28.7 Å². The van der Waals surface area contributed by atoms with Gasteiger partial charge in [0.25, 0.3) is 5.92 Å². The molecule has 0 bridgehead atoms. The first-order valence-electron chi connectivity index (χ1n) is 5.81. The zero-order chi connectivity index (χ0) is 14.5. The fourth-order valence-electron chi connectivity index (χ4n) is 2.16. The summed E-state index contributed by atoms with van der Waals surface area (Å²) in [5.41, 5.74) is 0.590. The Kier molecular flexibility index (Phi) is 3.00. The fraction of sp³-hybridized carbons (Fsp3) is 0.333. The molecule has 3 rings (SSSR count). The molecule has 0 N–H and O–H groups in total. The van der Waals surface area contributed by atoms with Crippen LogP contribution < -0.4 is 0 Å². The number of halogens is 4. The lowest BCUT2D eigenvalue weighted by molar-refractivity contribution is -0.166. The van der Waals surface area contributed by atoms with Crippen molar-refractivity contribution in [2.24, 2.45) is 0 Å². The van der Waals surface area contributed by atoms with Gasteiger partial charge in [0.05, 0.1) is 18.6 Å². The van der Waals surface area contributed by atoms with Gasteiger partial charge in [-0.1, -0.05) is 0 Å². The summed E-state index contributed by atoms with van der Waals surface area (Å²) in [5.74, 6) is -3.81. The van der Waals surface area contributed by atoms with Crippen molar-refractivity contribution in [1.82, 2.24) is 14.5 Å². The Morgan fingerprint density at radius 3 is 2.80 bits per heavy atom. The van der Waals surface area contributed by atoms with Crippen LogP contribution in [0, 0.1) is 5.82 Å². The highest BCUT2D eigenvalue weighted by molar-refractivity contribution is 9.10. The summed E-state index contributed by atoms with van der Waals surface area (Å²) in [6, 6.07) is 1.63. The summed E-state index contributed by atoms with van der Waals surface area (Å²) < 4.78 is 41.1. The van der Waals surface area contributed by atoms with Gasteiger partial charge in [-0.15, -0.1) is 0 Å². The van der Waals surface area contributed by atoms with Gasteiger partial charge in [-0.2, -0.15) is 0 Å². The van der Waals surface area contributed by atoms with Crippen molar-refractivity contribution in [1.29, 1.82) is 0 Å². The SMILES string of the molecule is O=C(Cn1cc(F)c2ncc(Br)cc21)N1CC(F)(F)C1. The number of alkyl halides is 2. The van der Waals surface area contributed by atoms with E-state index in [0.29, 0.717) is 9.99 Å². The Balaban J connectivity index is 1.84. The minimum Gasteiger partial charge on any atom is -0.334 e. The Hall–Kier alpha value is -1.57. The summed E-state index contributed by atoms with van der Waals surface area (Å²) >= 11 is 3.22. The Morgan fingerprint density at radius 2 is 2.15 bits per heavy atom. The lowest BCUT2D eigenvalue weighted by atomic mass is 10.1. The number of nitrogens with zero attached hydrogens (tertiary/aromatic N) is 3. The molecule has 3 heterocycles. The molecule has 20 heavy (non-hydrogen) atoms. The van der Waals surface area contributed by atoms with E-state index in [9.17, 15) is 18.0 Å². The van der Waals surface area contributed by atoms with Gasteiger partial charge >= 0.3 is 0 Å². The number of pyridine rings is 1. The molecule has 1 amide bonds. The Bertz CT molecular complexity index is 693. The molecule has 0 aliphatic carbocycles. The van der Waals surface area contributed by atoms with Gasteiger partial charge < -0.3 is 9.47 Å². The van der Waals surface area contributed by atoms with Crippen molar-refractivity contribution in [2.75, 3.05) is 13.1 Å². The largest absolute Gasteiger partial charge is 0.334 e. The molecule has 1 aliphatic heterocycles. The van der Waals surface area contributed by atoms with Gasteiger partial charge in [0.1, 0.15) is 12.1 Å². The third-order valence-corrected chi connectivity index (χ3v) is 3.58. The summed E-state index contributed by atoms with van der Waals surface area (Å²) in [6.07, 6.45) is 2.60. The minimum absolute atomic E-state index is 0.148. The first kappa shape index (κ1) is 13.4. The second-order valence-corrected chi connectivity index (χ2v) is 5.65. The molecule has 0 radical (unpaired) electrons. The zero-order valence-corrected chi connectivity index (χ0v) is 11.7. The highest BCUT2D eigenvalue weighted by Crippen LogP contribution is 2.27. The number of carbonyl (C=O) groups excluding carboxylic acids is 1. The third kappa shape index (κ3) is 2.28. The maximum absolute atomic E-state index is 13.7. The highest BCUT2D eigenvalue weighted by atomic mass is 79.9. The first-order valence-corrected chi connectivity index (χ1v) is 6.60. The van der Waals surface area contributed by atoms with Crippen molar-refractivity contribution in [3.8, 4) is 0 Å². The molecule has 1 fully saturated rings. The van der Waals surface area contributed by atoms with E-state index >= 15 is 0 Å². The van der Waals surface area contributed by atoms with Crippen LogP contribution in [-0.2, 0) is 11.3 Å². The molecule has 0 saturated carbocycles. The molecule has 4 nitrogen and oxygen atoms in total. The molecular formula is C12H9BrF3N3O. The van der Waals surface area contributed by atoms with E-state index in [2.05, 4.69) is 20.9 Å². The number of hydrogen-bond donors (Lipinski definition) is 0. The highest BCUT2D eigenvalue weighted by Gasteiger charge is 2.46. The van der Waals surface area contributed by atoms with E-state index in [1.807, 2.05) is 0 Å². The molecule has 106 valence electrons. The summed E-state index contributed by atoms with van der Waals surface area (Å²) in [6.45, 7) is -1.33. The normalized spacial score (nSPS) is 17.3. The van der Waals surface area contributed by atoms with E-state index in [4.69, 9.17) is 0 Å². The van der Waals surface area contributed by atoms with Crippen LogP contribution in [0.3, 0.4) is 0 Å². The van der Waals surface area contributed by atoms with Gasteiger partial charge in [0, 0.05) is 16.9 Å². The lowest BCUT2D eigenvalue weighted by Gasteiger charge is -2.38. The van der Waals surface area contributed by atoms with Gasteiger partial charge in [0.15, 0.2) is 5.82 Å². The van der Waals surface area contributed by atoms with Gasteiger partial charge in [-0.25, -0.2) is 13.2 Å². The average Bonchev–Trinajstić information content (AvgIpc) is 2.62. The molecule has 2 aromatic heterocycles. The fourth-order valence-corrected chi connectivity index (χ4v) is 2.48. The molecule has 0 atom stereocenters. The molecule has 2 aromatic rings. The Labute approximate surface area is 120 Å². The van der Waals surface area contributed by atoms with Crippen LogP contribution in [-0.4, -0.2) is 39.4 Å². The second-order valence-electron chi connectivity index (χ2n) is 4.73. The molecule has 0 spiro atoms. The monoisotopic (exact) mass is 347 g/mol. The standard InChI is InChI=1S/C12H9BrF3N3O/c13-7-1-9-11(17-2-7)8(14)3-18(9)4-10(20)19-5-12(15,16)6-19/h1-3H,4-6H2. The van der Waals surface area contributed by atoms with Gasteiger partial charge in [-0.05, 0) is 22.0 Å². The summed E-state index contributed by atoms with van der Waals surface area (Å²) in [7, 11) is 0. The van der Waals surface area contributed by atoms with Crippen LogP contribution in [0.5, 0.6) is 0 Å². The van der Waals surface area contributed by atoms with Crippen molar-refractivity contribution < 1.29 is 18.0 Å². The van der Waals surface area contributed by atoms with Crippen LogP contribution in [0.2, 0.25) is 0 Å². The smallest absolute Gasteiger partial charge is 0.282 e. The number of amides is 1. The van der Waals surface area contributed by atoms with E-state index in [1.165, 1.54) is 10.8 Å². The number of carbonyl (C=O) groups is 1. The van der Waals surface area contributed by atoms with E-state index in [0.717, 1.165) is 11.1 Å². The maximum atomic E-state index is 13.7. The maximum Gasteiger partial charge on any atom is 0.282 e. The zero-order valence-electron chi connectivity index (χ0n) is 10.1. The predicted octanol–water partition coefficient (Wildman–Crippen LogP) is 2.42. The molecular weight excluding hydrogens is 339 g/mol. The predicted molar refractivity (Wildman–Crippen MR) is 68.9 cm³/mol. The minimum atomic E-state index is -2.80. The molecule has 0 aromatic carbocycles. The third-order valence-electron chi connectivity index (χ3n) is 3.14. The number of aromatic nitrogens is 2. The van der Waals surface area contributed by atoms with Crippen LogP contribution in [0.15, 0.2) is 22.9 Å². The molecule has 1 saturated heterocycles. The van der Waals surface area contributed by atoms with Crippen molar-refractivity contribution in [2.45, 2.75) is 12.5 Å². The lowest BCUT2D eigenvalue weighted by Crippen LogP contribution is -2.59. The summed E-state index contributed by atoms with van der Waals surface area (Å²) in [5, 5.41) is 0. The van der Waals surface area contributed by atoms with E-state index in [-0.39, 0.29) is 12.1 Å². The molecule has 8 heteroatoms. The van der Waals surface area contributed by atoms with Gasteiger partial charge in [-0.3, -0.25) is 9.78 Å². The van der Waals surface area contributed by atoms with Gasteiger partial charge in [0.2, 0.25) is 5.91 Å². The van der Waals surface area contributed by atoms with E-state index in [1.54, 1.807) is 6.07 Å². The van der Waals surface area contributed by atoms with Crippen LogP contribution in [0.25, 0.3) is 11.0 Å². The topological polar surface area (TPSA) is 38.1 Å². The second kappa shape index (κ2) is 4.47. The van der Waals surface area contributed by atoms with Crippen LogP contribution >= 0.6 is 15.9 Å². The average molecular weight is 348 g/mol. The molecule has 1 aliphatic rings. The number of hydrogen-bond acceptors (Lipinski definition) is 2.